The second-order valence-corrected chi connectivity index (χ2v) is 5.49. The molecule has 1 fully saturated rings. The maximum absolute atomic E-state index is 12.2. The Morgan fingerprint density at radius 2 is 2.00 bits per heavy atom. The average molecular weight is 268 g/mol. The fraction of sp³-hybridized carbons (Fsp3) is 0.714. The van der Waals surface area contributed by atoms with E-state index >= 15 is 0 Å². The standard InChI is InChI=1S/C14H24N2O3/c1-4-5-6-9-15(3)13(19)16-10-7-14(2,8-11-16)12(17)18/h4H,1,5-11H2,2-3H3,(H,17,18). The molecule has 5 nitrogen and oxygen atoms in total. The molecule has 0 unspecified atom stereocenters. The van der Waals surface area contributed by atoms with E-state index in [9.17, 15) is 9.59 Å². The van der Waals surface area contributed by atoms with Crippen LogP contribution in [0.4, 0.5) is 4.79 Å². The first-order chi connectivity index (χ1) is 8.90. The van der Waals surface area contributed by atoms with Gasteiger partial charge in [0.2, 0.25) is 0 Å². The van der Waals surface area contributed by atoms with Crippen molar-refractivity contribution in [1.82, 2.24) is 9.80 Å². The van der Waals surface area contributed by atoms with E-state index in [1.54, 1.807) is 23.8 Å². The van der Waals surface area contributed by atoms with Gasteiger partial charge in [0.15, 0.2) is 0 Å². The third-order valence-corrected chi connectivity index (χ3v) is 3.88. The first-order valence-corrected chi connectivity index (χ1v) is 6.75. The molecule has 0 aliphatic carbocycles. The van der Waals surface area contributed by atoms with Crippen LogP contribution in [0.2, 0.25) is 0 Å². The Balaban J connectivity index is 2.44. The summed E-state index contributed by atoms with van der Waals surface area (Å²) in [4.78, 5) is 26.7. The number of carboxylic acid groups (broad SMARTS) is 1. The second kappa shape index (κ2) is 6.59. The molecular formula is C14H24N2O3. The summed E-state index contributed by atoms with van der Waals surface area (Å²) >= 11 is 0. The molecule has 1 rings (SSSR count). The minimum absolute atomic E-state index is 0.00324. The van der Waals surface area contributed by atoms with Gasteiger partial charge in [0, 0.05) is 26.7 Å². The number of likely N-dealkylation sites (tertiary alicyclic amines) is 1. The summed E-state index contributed by atoms with van der Waals surface area (Å²) in [7, 11) is 1.79. The van der Waals surface area contributed by atoms with Crippen molar-refractivity contribution >= 4 is 12.0 Å². The number of rotatable bonds is 5. The number of unbranched alkanes of at least 4 members (excludes halogenated alkanes) is 1. The Hall–Kier alpha value is -1.52. The third-order valence-electron chi connectivity index (χ3n) is 3.88. The van der Waals surface area contributed by atoms with E-state index in [2.05, 4.69) is 6.58 Å². The van der Waals surface area contributed by atoms with Gasteiger partial charge in [-0.25, -0.2) is 4.79 Å². The maximum Gasteiger partial charge on any atom is 0.319 e. The summed E-state index contributed by atoms with van der Waals surface area (Å²) in [5.41, 5.74) is -0.682. The van der Waals surface area contributed by atoms with Crippen LogP contribution in [0.1, 0.15) is 32.6 Å². The highest BCUT2D eigenvalue weighted by molar-refractivity contribution is 5.76. The zero-order chi connectivity index (χ0) is 14.5. The van der Waals surface area contributed by atoms with Gasteiger partial charge < -0.3 is 14.9 Å². The van der Waals surface area contributed by atoms with Gasteiger partial charge in [0.05, 0.1) is 5.41 Å². The lowest BCUT2D eigenvalue weighted by molar-refractivity contribution is -0.150. The summed E-state index contributed by atoms with van der Waals surface area (Å²) in [6.07, 6.45) is 4.70. The molecule has 0 aromatic carbocycles. The van der Waals surface area contributed by atoms with Crippen LogP contribution in [0.3, 0.4) is 0 Å². The number of carbonyl (C=O) groups excluding carboxylic acids is 1. The van der Waals surface area contributed by atoms with Gasteiger partial charge in [0.1, 0.15) is 0 Å². The van der Waals surface area contributed by atoms with Crippen molar-refractivity contribution in [3.05, 3.63) is 12.7 Å². The lowest BCUT2D eigenvalue weighted by Gasteiger charge is -2.38. The molecule has 0 spiro atoms. The first-order valence-electron chi connectivity index (χ1n) is 6.75. The van der Waals surface area contributed by atoms with E-state index in [1.807, 2.05) is 6.08 Å². The predicted molar refractivity (Wildman–Crippen MR) is 74.0 cm³/mol. The lowest BCUT2D eigenvalue weighted by atomic mass is 9.80. The average Bonchev–Trinajstić information content (AvgIpc) is 2.39. The molecule has 19 heavy (non-hydrogen) atoms. The Morgan fingerprint density at radius 3 is 2.47 bits per heavy atom. The van der Waals surface area contributed by atoms with Crippen molar-refractivity contribution in [2.45, 2.75) is 32.6 Å². The van der Waals surface area contributed by atoms with Crippen LogP contribution in [-0.4, -0.2) is 53.6 Å². The zero-order valence-electron chi connectivity index (χ0n) is 11.9. The molecule has 1 aliphatic rings. The summed E-state index contributed by atoms with van der Waals surface area (Å²) < 4.78 is 0. The van der Waals surface area contributed by atoms with Crippen LogP contribution < -0.4 is 0 Å². The summed E-state index contributed by atoms with van der Waals surface area (Å²) in [6.45, 7) is 7.16. The number of allylic oxidation sites excluding steroid dienone is 1. The molecule has 108 valence electrons. The molecule has 1 N–H and O–H groups in total. The SMILES string of the molecule is C=CCCCN(C)C(=O)N1CCC(C)(C(=O)O)CC1. The zero-order valence-corrected chi connectivity index (χ0v) is 11.9. The van der Waals surface area contributed by atoms with Gasteiger partial charge in [-0.1, -0.05) is 6.08 Å². The number of amides is 2. The monoisotopic (exact) mass is 268 g/mol. The van der Waals surface area contributed by atoms with E-state index < -0.39 is 11.4 Å². The van der Waals surface area contributed by atoms with E-state index in [-0.39, 0.29) is 6.03 Å². The van der Waals surface area contributed by atoms with Crippen molar-refractivity contribution in [2.24, 2.45) is 5.41 Å². The lowest BCUT2D eigenvalue weighted by Crippen LogP contribution is -2.49. The quantitative estimate of drug-likeness (QED) is 0.614. The summed E-state index contributed by atoms with van der Waals surface area (Å²) in [5.74, 6) is -0.765. The number of urea groups is 1. The summed E-state index contributed by atoms with van der Waals surface area (Å²) in [6, 6.07) is -0.00324. The van der Waals surface area contributed by atoms with Gasteiger partial charge in [-0.05, 0) is 32.6 Å². The molecule has 1 heterocycles. The molecule has 2 amide bonds. The van der Waals surface area contributed by atoms with Crippen molar-refractivity contribution in [2.75, 3.05) is 26.7 Å². The Labute approximate surface area is 114 Å². The fourth-order valence-electron chi connectivity index (χ4n) is 2.22. The number of piperidine rings is 1. The van der Waals surface area contributed by atoms with Crippen molar-refractivity contribution < 1.29 is 14.7 Å². The van der Waals surface area contributed by atoms with Crippen molar-refractivity contribution in [3.8, 4) is 0 Å². The van der Waals surface area contributed by atoms with Crippen LogP contribution in [0.15, 0.2) is 12.7 Å². The van der Waals surface area contributed by atoms with E-state index in [0.29, 0.717) is 32.5 Å². The maximum atomic E-state index is 12.2. The fourth-order valence-corrected chi connectivity index (χ4v) is 2.22. The minimum Gasteiger partial charge on any atom is -0.481 e. The van der Waals surface area contributed by atoms with Gasteiger partial charge in [-0.15, -0.1) is 6.58 Å². The van der Waals surface area contributed by atoms with Gasteiger partial charge in [-0.3, -0.25) is 4.79 Å². The highest BCUT2D eigenvalue weighted by Gasteiger charge is 2.38. The largest absolute Gasteiger partial charge is 0.481 e. The Kier molecular flexibility index (Phi) is 5.39. The number of nitrogens with zero attached hydrogens (tertiary/aromatic N) is 2. The van der Waals surface area contributed by atoms with Crippen LogP contribution in [0.25, 0.3) is 0 Å². The number of aliphatic carboxylic acids is 1. The van der Waals surface area contributed by atoms with Gasteiger partial charge in [0.25, 0.3) is 0 Å². The molecule has 1 aliphatic heterocycles. The number of hydrogen-bond donors (Lipinski definition) is 1. The van der Waals surface area contributed by atoms with Crippen LogP contribution in [0, 0.1) is 5.41 Å². The van der Waals surface area contributed by atoms with Crippen LogP contribution in [0.5, 0.6) is 0 Å². The molecule has 0 aromatic rings. The van der Waals surface area contributed by atoms with E-state index in [0.717, 1.165) is 12.8 Å². The van der Waals surface area contributed by atoms with Crippen molar-refractivity contribution in [1.29, 1.82) is 0 Å². The first kappa shape index (κ1) is 15.5. The molecule has 0 aromatic heterocycles. The Morgan fingerprint density at radius 1 is 1.42 bits per heavy atom. The van der Waals surface area contributed by atoms with E-state index in [4.69, 9.17) is 5.11 Å². The van der Waals surface area contributed by atoms with Gasteiger partial charge >= 0.3 is 12.0 Å². The van der Waals surface area contributed by atoms with Gasteiger partial charge in [-0.2, -0.15) is 0 Å². The van der Waals surface area contributed by atoms with Crippen molar-refractivity contribution in [3.63, 3.8) is 0 Å². The number of carbonyl (C=O) groups is 2. The summed E-state index contributed by atoms with van der Waals surface area (Å²) in [5, 5.41) is 9.15. The highest BCUT2D eigenvalue weighted by atomic mass is 16.4. The topological polar surface area (TPSA) is 60.9 Å². The second-order valence-electron chi connectivity index (χ2n) is 5.49. The molecule has 5 heteroatoms. The third kappa shape index (κ3) is 3.98. The predicted octanol–water partition coefficient (Wildman–Crippen LogP) is 2.19. The molecule has 0 radical (unpaired) electrons. The number of carboxylic acids is 1. The van der Waals surface area contributed by atoms with E-state index in [1.165, 1.54) is 0 Å². The van der Waals surface area contributed by atoms with Crippen LogP contribution in [-0.2, 0) is 4.79 Å². The molecule has 1 saturated heterocycles. The normalized spacial score (nSPS) is 17.9. The molecule has 0 atom stereocenters. The van der Waals surface area contributed by atoms with Crippen LogP contribution >= 0.6 is 0 Å². The molecule has 0 saturated carbocycles. The molecular weight excluding hydrogens is 244 g/mol. The highest BCUT2D eigenvalue weighted by Crippen LogP contribution is 2.31. The Bertz CT molecular complexity index is 347. The minimum atomic E-state index is -0.765. The smallest absolute Gasteiger partial charge is 0.319 e. The molecule has 0 bridgehead atoms. The number of hydrogen-bond acceptors (Lipinski definition) is 2.